The van der Waals surface area contributed by atoms with Gasteiger partial charge in [-0.3, -0.25) is 4.79 Å². The second kappa shape index (κ2) is 10.8. The third-order valence-electron chi connectivity index (χ3n) is 3.82. The summed E-state index contributed by atoms with van der Waals surface area (Å²) >= 11 is 0. The highest BCUT2D eigenvalue weighted by molar-refractivity contribution is 5.97. The number of unbranched alkanes of at least 4 members (excludes halogenated alkanes) is 3. The number of carbonyl (C=O) groups excluding carboxylic acids is 2. The van der Waals surface area contributed by atoms with Crippen molar-refractivity contribution in [1.29, 1.82) is 0 Å². The van der Waals surface area contributed by atoms with Crippen molar-refractivity contribution in [1.82, 2.24) is 5.32 Å². The molecule has 0 aliphatic rings. The summed E-state index contributed by atoms with van der Waals surface area (Å²) in [5, 5.41) is 2.36. The van der Waals surface area contributed by atoms with Crippen LogP contribution in [0.4, 0.5) is 13.2 Å². The molecule has 1 N–H and O–H groups in total. The van der Waals surface area contributed by atoms with E-state index in [0.717, 1.165) is 31.7 Å². The lowest BCUT2D eigenvalue weighted by molar-refractivity contribution is -0.146. The third-order valence-corrected chi connectivity index (χ3v) is 3.82. The number of hydrogen-bond donors (Lipinski definition) is 1. The zero-order valence-electron chi connectivity index (χ0n) is 15.4. The molecule has 1 rings (SSSR count). The Morgan fingerprint density at radius 3 is 2.38 bits per heavy atom. The maximum atomic E-state index is 13.8. The fraction of sp³-hybridized carbons (Fsp3) is 0.579. The van der Waals surface area contributed by atoms with E-state index in [1.54, 1.807) is 0 Å². The summed E-state index contributed by atoms with van der Waals surface area (Å²) in [5.41, 5.74) is -0.659. The average molecular weight is 373 g/mol. The normalized spacial score (nSPS) is 12.1. The number of ether oxygens (including phenoxy) is 1. The van der Waals surface area contributed by atoms with Gasteiger partial charge in [-0.1, -0.05) is 40.0 Å². The Labute approximate surface area is 152 Å². The van der Waals surface area contributed by atoms with Crippen LogP contribution in [-0.2, 0) is 9.53 Å². The molecule has 1 atom stereocenters. The molecule has 1 aromatic carbocycles. The summed E-state index contributed by atoms with van der Waals surface area (Å²) < 4.78 is 45.2. The SMILES string of the molecule is CCCCCCOC(=O)C(CC(C)C)NC(=O)c1ccc(F)c(F)c1F. The highest BCUT2D eigenvalue weighted by Crippen LogP contribution is 2.16. The molecule has 0 aromatic heterocycles. The molecule has 0 bridgehead atoms. The minimum absolute atomic E-state index is 0.0581. The molecule has 0 saturated carbocycles. The zero-order chi connectivity index (χ0) is 19.7. The van der Waals surface area contributed by atoms with Crippen LogP contribution >= 0.6 is 0 Å². The lowest BCUT2D eigenvalue weighted by Gasteiger charge is -2.19. The molecule has 0 aliphatic carbocycles. The van der Waals surface area contributed by atoms with Crippen molar-refractivity contribution >= 4 is 11.9 Å². The molecule has 0 spiro atoms. The molecule has 1 unspecified atom stereocenters. The number of rotatable bonds is 10. The van der Waals surface area contributed by atoms with Crippen molar-refractivity contribution < 1.29 is 27.5 Å². The molecule has 0 aliphatic heterocycles. The van der Waals surface area contributed by atoms with Crippen molar-refractivity contribution in [3.05, 3.63) is 35.1 Å². The van der Waals surface area contributed by atoms with Gasteiger partial charge >= 0.3 is 5.97 Å². The lowest BCUT2D eigenvalue weighted by atomic mass is 10.0. The molecule has 0 heterocycles. The molecule has 0 saturated heterocycles. The number of hydrogen-bond acceptors (Lipinski definition) is 3. The zero-order valence-corrected chi connectivity index (χ0v) is 15.4. The predicted molar refractivity (Wildman–Crippen MR) is 92.1 cm³/mol. The number of benzene rings is 1. The van der Waals surface area contributed by atoms with E-state index < -0.39 is 40.9 Å². The number of carbonyl (C=O) groups is 2. The highest BCUT2D eigenvalue weighted by Gasteiger charge is 2.26. The van der Waals surface area contributed by atoms with Gasteiger partial charge in [0, 0.05) is 0 Å². The van der Waals surface area contributed by atoms with Crippen LogP contribution in [0.1, 0.15) is 63.2 Å². The number of esters is 1. The predicted octanol–water partition coefficient (Wildman–Crippen LogP) is 4.37. The summed E-state index contributed by atoms with van der Waals surface area (Å²) in [5.74, 6) is -6.25. The van der Waals surface area contributed by atoms with Crippen molar-refractivity contribution in [2.24, 2.45) is 5.92 Å². The van der Waals surface area contributed by atoms with E-state index in [2.05, 4.69) is 12.2 Å². The quantitative estimate of drug-likeness (QED) is 0.376. The minimum atomic E-state index is -1.73. The molecule has 1 aromatic rings. The van der Waals surface area contributed by atoms with Crippen LogP contribution < -0.4 is 5.32 Å². The van der Waals surface area contributed by atoms with Crippen LogP contribution in [-0.4, -0.2) is 24.5 Å². The first-order valence-electron chi connectivity index (χ1n) is 8.88. The van der Waals surface area contributed by atoms with Gasteiger partial charge in [-0.15, -0.1) is 0 Å². The Balaban J connectivity index is 2.76. The van der Waals surface area contributed by atoms with E-state index in [1.807, 2.05) is 13.8 Å². The molecular formula is C19H26F3NO3. The van der Waals surface area contributed by atoms with E-state index in [0.29, 0.717) is 6.07 Å². The maximum absolute atomic E-state index is 13.8. The van der Waals surface area contributed by atoms with E-state index in [4.69, 9.17) is 4.74 Å². The van der Waals surface area contributed by atoms with Crippen LogP contribution in [0.25, 0.3) is 0 Å². The monoisotopic (exact) mass is 373 g/mol. The van der Waals surface area contributed by atoms with Crippen LogP contribution in [0.5, 0.6) is 0 Å². The van der Waals surface area contributed by atoms with Crippen LogP contribution in [0, 0.1) is 23.4 Å². The number of nitrogens with one attached hydrogen (secondary N) is 1. The van der Waals surface area contributed by atoms with E-state index in [9.17, 15) is 22.8 Å². The Kier molecular flexibility index (Phi) is 9.16. The van der Waals surface area contributed by atoms with Gasteiger partial charge in [0.1, 0.15) is 6.04 Å². The van der Waals surface area contributed by atoms with Crippen molar-refractivity contribution in [3.63, 3.8) is 0 Å². The first-order chi connectivity index (χ1) is 12.3. The molecule has 0 radical (unpaired) electrons. The van der Waals surface area contributed by atoms with Crippen molar-refractivity contribution in [3.8, 4) is 0 Å². The Morgan fingerprint density at radius 1 is 1.08 bits per heavy atom. The Bertz CT molecular complexity index is 620. The summed E-state index contributed by atoms with van der Waals surface area (Å²) in [6, 6.07) is 0.517. The van der Waals surface area contributed by atoms with Gasteiger partial charge in [-0.25, -0.2) is 18.0 Å². The molecule has 4 nitrogen and oxygen atoms in total. The van der Waals surface area contributed by atoms with Gasteiger partial charge in [0.15, 0.2) is 17.5 Å². The molecular weight excluding hydrogens is 347 g/mol. The van der Waals surface area contributed by atoms with E-state index >= 15 is 0 Å². The van der Waals surface area contributed by atoms with Gasteiger partial charge in [0.25, 0.3) is 5.91 Å². The molecule has 26 heavy (non-hydrogen) atoms. The number of amides is 1. The minimum Gasteiger partial charge on any atom is -0.464 e. The second-order valence-corrected chi connectivity index (χ2v) is 6.61. The average Bonchev–Trinajstić information content (AvgIpc) is 2.58. The topological polar surface area (TPSA) is 55.4 Å². The van der Waals surface area contributed by atoms with E-state index in [1.165, 1.54) is 0 Å². The first kappa shape index (κ1) is 22.0. The molecule has 1 amide bonds. The summed E-state index contributed by atoms with van der Waals surface area (Å²) in [6.45, 7) is 6.01. The molecule has 7 heteroatoms. The molecule has 146 valence electrons. The van der Waals surface area contributed by atoms with Gasteiger partial charge in [-0.05, 0) is 30.9 Å². The smallest absolute Gasteiger partial charge is 0.328 e. The number of halogens is 3. The Hall–Kier alpha value is -2.05. The van der Waals surface area contributed by atoms with Crippen molar-refractivity contribution in [2.45, 2.75) is 58.9 Å². The Morgan fingerprint density at radius 2 is 1.77 bits per heavy atom. The van der Waals surface area contributed by atoms with Crippen LogP contribution in [0.15, 0.2) is 12.1 Å². The van der Waals surface area contributed by atoms with E-state index in [-0.39, 0.29) is 18.9 Å². The summed E-state index contributed by atoms with van der Waals surface area (Å²) in [7, 11) is 0. The van der Waals surface area contributed by atoms with Crippen molar-refractivity contribution in [2.75, 3.05) is 6.61 Å². The van der Waals surface area contributed by atoms with Gasteiger partial charge in [0.05, 0.1) is 12.2 Å². The van der Waals surface area contributed by atoms with Crippen LogP contribution in [0.3, 0.4) is 0 Å². The fourth-order valence-corrected chi connectivity index (χ4v) is 2.42. The van der Waals surface area contributed by atoms with Gasteiger partial charge in [0.2, 0.25) is 0 Å². The summed E-state index contributed by atoms with van der Waals surface area (Å²) in [4.78, 5) is 24.4. The lowest BCUT2D eigenvalue weighted by Crippen LogP contribution is -2.43. The largest absolute Gasteiger partial charge is 0.464 e. The van der Waals surface area contributed by atoms with Crippen LogP contribution in [0.2, 0.25) is 0 Å². The maximum Gasteiger partial charge on any atom is 0.328 e. The highest BCUT2D eigenvalue weighted by atomic mass is 19.2. The van der Waals surface area contributed by atoms with Gasteiger partial charge < -0.3 is 10.1 Å². The summed E-state index contributed by atoms with van der Waals surface area (Å²) in [6.07, 6.45) is 4.04. The van der Waals surface area contributed by atoms with Gasteiger partial charge in [-0.2, -0.15) is 0 Å². The standard InChI is InChI=1S/C19H26F3NO3/c1-4-5-6-7-10-26-19(25)15(11-12(2)3)23-18(24)13-8-9-14(20)17(22)16(13)21/h8-9,12,15H,4-7,10-11H2,1-3H3,(H,23,24). The first-order valence-corrected chi connectivity index (χ1v) is 8.88. The third kappa shape index (κ3) is 6.69. The fourth-order valence-electron chi connectivity index (χ4n) is 2.42. The molecule has 0 fully saturated rings. The second-order valence-electron chi connectivity index (χ2n) is 6.61.